The molecule has 136 valence electrons. The average Bonchev–Trinajstić information content (AvgIpc) is 2.96. The molecule has 0 spiro atoms. The summed E-state index contributed by atoms with van der Waals surface area (Å²) in [6.45, 7) is 7.72. The number of H-pyrrole nitrogens is 1. The minimum absolute atomic E-state index is 0.173. The van der Waals surface area contributed by atoms with E-state index in [-0.39, 0.29) is 28.1 Å². The van der Waals surface area contributed by atoms with E-state index in [2.05, 4.69) is 52.2 Å². The van der Waals surface area contributed by atoms with Crippen molar-refractivity contribution in [3.8, 4) is 0 Å². The fourth-order valence-electron chi connectivity index (χ4n) is 3.01. The number of nitrogens with one attached hydrogen (secondary N) is 2. The van der Waals surface area contributed by atoms with Crippen molar-refractivity contribution in [2.24, 2.45) is 0 Å². The first-order valence-electron chi connectivity index (χ1n) is 8.58. The number of amides is 1. The van der Waals surface area contributed by atoms with Crippen LogP contribution < -0.4 is 15.8 Å². The first-order chi connectivity index (χ1) is 12.5. The summed E-state index contributed by atoms with van der Waals surface area (Å²) in [6.07, 6.45) is 1.26. The molecule has 0 radical (unpaired) electrons. The van der Waals surface area contributed by atoms with Crippen molar-refractivity contribution in [3.05, 3.63) is 57.8 Å². The van der Waals surface area contributed by atoms with Gasteiger partial charge in [-0.05, 0) is 38.5 Å². The van der Waals surface area contributed by atoms with Crippen LogP contribution in [0.2, 0.25) is 0 Å². The molecular weight excluding hydrogens is 332 g/mol. The zero-order chi connectivity index (χ0) is 18.7. The molecule has 3 aromatic rings. The number of aromatic amines is 1. The highest BCUT2D eigenvalue weighted by Crippen LogP contribution is 2.20. The summed E-state index contributed by atoms with van der Waals surface area (Å²) < 4.78 is 5.43. The predicted molar refractivity (Wildman–Crippen MR) is 101 cm³/mol. The van der Waals surface area contributed by atoms with Crippen LogP contribution in [0.25, 0.3) is 11.1 Å². The molecule has 3 rings (SSSR count). The third-order valence-corrected chi connectivity index (χ3v) is 4.31. The number of anilines is 1. The molecule has 0 saturated carbocycles. The third kappa shape index (κ3) is 3.46. The van der Waals surface area contributed by atoms with E-state index in [0.29, 0.717) is 18.8 Å². The molecule has 0 aliphatic rings. The molecule has 1 amide bonds. The highest BCUT2D eigenvalue weighted by Gasteiger charge is 2.21. The monoisotopic (exact) mass is 354 g/mol. The van der Waals surface area contributed by atoms with E-state index in [1.807, 2.05) is 6.07 Å². The summed E-state index contributed by atoms with van der Waals surface area (Å²) in [5.41, 5.74) is 2.34. The molecule has 0 unspecified atom stereocenters. The summed E-state index contributed by atoms with van der Waals surface area (Å²) in [7, 11) is 0. The molecule has 0 fully saturated rings. The lowest BCUT2D eigenvalue weighted by molar-refractivity contribution is 0.0954. The molecule has 1 aromatic carbocycles. The maximum absolute atomic E-state index is 12.6. The van der Waals surface area contributed by atoms with E-state index in [0.717, 1.165) is 12.2 Å². The van der Waals surface area contributed by atoms with E-state index in [1.165, 1.54) is 11.9 Å². The van der Waals surface area contributed by atoms with Gasteiger partial charge >= 0.3 is 0 Å². The van der Waals surface area contributed by atoms with Gasteiger partial charge in [0, 0.05) is 25.3 Å². The molecule has 0 atom stereocenters. The second-order valence-corrected chi connectivity index (χ2v) is 6.12. The Kier molecular flexibility index (Phi) is 5.06. The van der Waals surface area contributed by atoms with Crippen molar-refractivity contribution in [2.75, 3.05) is 24.5 Å². The molecule has 7 heteroatoms. The topological polar surface area (TPSA) is 91.2 Å². The van der Waals surface area contributed by atoms with Gasteiger partial charge in [-0.1, -0.05) is 12.1 Å². The zero-order valence-electron chi connectivity index (χ0n) is 15.1. The van der Waals surface area contributed by atoms with Gasteiger partial charge in [0.2, 0.25) is 5.71 Å². The number of nitrogens with zero attached hydrogens (tertiary/aromatic N) is 2. The maximum atomic E-state index is 12.6. The minimum atomic E-state index is -0.382. The number of likely N-dealkylation sites (N-methyl/N-ethyl adjacent to an activating group) is 1. The quantitative estimate of drug-likeness (QED) is 0.709. The maximum Gasteiger partial charge on any atom is 0.262 e. The molecule has 2 N–H and O–H groups in total. The van der Waals surface area contributed by atoms with Crippen molar-refractivity contribution in [1.82, 2.24) is 15.3 Å². The van der Waals surface area contributed by atoms with Crippen LogP contribution in [0.4, 0.5) is 5.69 Å². The van der Waals surface area contributed by atoms with Crippen molar-refractivity contribution in [3.63, 3.8) is 0 Å². The SMILES string of the molecule is CCN(CCNC(=O)c1c(C)oc2nc[nH]c(=O)c12)c1cccc(C)c1. The van der Waals surface area contributed by atoms with Crippen molar-refractivity contribution in [2.45, 2.75) is 20.8 Å². The van der Waals surface area contributed by atoms with Gasteiger partial charge in [0.15, 0.2) is 0 Å². The lowest BCUT2D eigenvalue weighted by Gasteiger charge is -2.23. The number of carbonyl (C=O) groups excluding carboxylic acids is 1. The Bertz CT molecular complexity index is 990. The number of benzene rings is 1. The van der Waals surface area contributed by atoms with Gasteiger partial charge in [0.05, 0.1) is 11.9 Å². The lowest BCUT2D eigenvalue weighted by atomic mass is 10.2. The van der Waals surface area contributed by atoms with Crippen LogP contribution in [-0.4, -0.2) is 35.5 Å². The number of carbonyl (C=O) groups is 1. The highest BCUT2D eigenvalue weighted by atomic mass is 16.3. The van der Waals surface area contributed by atoms with Crippen LogP contribution in [-0.2, 0) is 0 Å². The average molecular weight is 354 g/mol. The summed E-state index contributed by atoms with van der Waals surface area (Å²) in [5.74, 6) is 0.0489. The van der Waals surface area contributed by atoms with Crippen molar-refractivity contribution < 1.29 is 9.21 Å². The first-order valence-corrected chi connectivity index (χ1v) is 8.58. The predicted octanol–water partition coefficient (Wildman–Crippen LogP) is 2.39. The van der Waals surface area contributed by atoms with Gasteiger partial charge in [0.1, 0.15) is 11.1 Å². The van der Waals surface area contributed by atoms with E-state index < -0.39 is 0 Å². The van der Waals surface area contributed by atoms with Crippen LogP contribution in [0.1, 0.15) is 28.6 Å². The van der Waals surface area contributed by atoms with Gasteiger partial charge in [-0.15, -0.1) is 0 Å². The normalized spacial score (nSPS) is 10.9. The second kappa shape index (κ2) is 7.43. The number of rotatable bonds is 6. The van der Waals surface area contributed by atoms with Crippen LogP contribution in [0.15, 0.2) is 39.8 Å². The van der Waals surface area contributed by atoms with E-state index in [4.69, 9.17) is 4.42 Å². The second-order valence-electron chi connectivity index (χ2n) is 6.12. The van der Waals surface area contributed by atoms with Crippen LogP contribution in [0, 0.1) is 13.8 Å². The highest BCUT2D eigenvalue weighted by molar-refractivity contribution is 6.06. The molecular formula is C19H22N4O3. The van der Waals surface area contributed by atoms with Crippen molar-refractivity contribution in [1.29, 1.82) is 0 Å². The molecule has 2 heterocycles. The molecule has 7 nitrogen and oxygen atoms in total. The van der Waals surface area contributed by atoms with Gasteiger partial charge in [-0.2, -0.15) is 0 Å². The van der Waals surface area contributed by atoms with E-state index >= 15 is 0 Å². The van der Waals surface area contributed by atoms with E-state index in [1.54, 1.807) is 6.92 Å². The number of fused-ring (bicyclic) bond motifs is 1. The Balaban J connectivity index is 1.71. The molecule has 0 bridgehead atoms. The standard InChI is InChI=1S/C19H22N4O3/c1-4-23(14-7-5-6-12(2)10-14)9-8-20-17(24)15-13(3)26-19-16(15)18(25)21-11-22-19/h5-7,10-11H,4,8-9H2,1-3H3,(H,20,24)(H,21,22,25). The Labute approximate surface area is 151 Å². The lowest BCUT2D eigenvalue weighted by Crippen LogP contribution is -2.35. The summed E-state index contributed by atoms with van der Waals surface area (Å²) >= 11 is 0. The van der Waals surface area contributed by atoms with E-state index in [9.17, 15) is 9.59 Å². The Morgan fingerprint density at radius 1 is 1.35 bits per heavy atom. The van der Waals surface area contributed by atoms with Gasteiger partial charge in [-0.25, -0.2) is 4.98 Å². The Hall–Kier alpha value is -3.09. The van der Waals surface area contributed by atoms with Gasteiger partial charge in [0.25, 0.3) is 11.5 Å². The van der Waals surface area contributed by atoms with Crippen molar-refractivity contribution >= 4 is 22.7 Å². The Morgan fingerprint density at radius 2 is 2.15 bits per heavy atom. The first kappa shape index (κ1) is 17.7. The largest absolute Gasteiger partial charge is 0.442 e. The fraction of sp³-hybridized carbons (Fsp3) is 0.316. The molecule has 0 saturated heterocycles. The number of furan rings is 1. The zero-order valence-corrected chi connectivity index (χ0v) is 15.1. The summed E-state index contributed by atoms with van der Waals surface area (Å²) in [5, 5.41) is 3.06. The summed E-state index contributed by atoms with van der Waals surface area (Å²) in [6, 6.07) is 8.24. The summed E-state index contributed by atoms with van der Waals surface area (Å²) in [4.78, 5) is 33.2. The molecule has 26 heavy (non-hydrogen) atoms. The van der Waals surface area contributed by atoms with Crippen LogP contribution >= 0.6 is 0 Å². The van der Waals surface area contributed by atoms with Gasteiger partial charge in [-0.3, -0.25) is 9.59 Å². The molecule has 2 aromatic heterocycles. The number of aromatic nitrogens is 2. The number of hydrogen-bond donors (Lipinski definition) is 2. The smallest absolute Gasteiger partial charge is 0.262 e. The van der Waals surface area contributed by atoms with Crippen LogP contribution in [0.5, 0.6) is 0 Å². The molecule has 0 aliphatic heterocycles. The number of hydrogen-bond acceptors (Lipinski definition) is 5. The van der Waals surface area contributed by atoms with Crippen LogP contribution in [0.3, 0.4) is 0 Å². The van der Waals surface area contributed by atoms with Gasteiger partial charge < -0.3 is 19.6 Å². The minimum Gasteiger partial charge on any atom is -0.442 e. The molecule has 0 aliphatic carbocycles. The fourth-order valence-corrected chi connectivity index (χ4v) is 3.01. The number of aryl methyl sites for hydroxylation is 2. The third-order valence-electron chi connectivity index (χ3n) is 4.31. The Morgan fingerprint density at radius 3 is 2.88 bits per heavy atom.